The van der Waals surface area contributed by atoms with Gasteiger partial charge < -0.3 is 10.4 Å². The molecule has 1 rings (SSSR count). The summed E-state index contributed by atoms with van der Waals surface area (Å²) in [5, 5.41) is 11.7. The van der Waals surface area contributed by atoms with E-state index in [2.05, 4.69) is 17.9 Å². The van der Waals surface area contributed by atoms with E-state index in [-0.39, 0.29) is 12.0 Å². The maximum Gasteiger partial charge on any atom is 0.308 e. The van der Waals surface area contributed by atoms with E-state index in [1.54, 1.807) is 0 Å². The summed E-state index contributed by atoms with van der Waals surface area (Å²) in [7, 11) is 0. The van der Waals surface area contributed by atoms with Crippen LogP contribution in [0.15, 0.2) is 0 Å². The molecule has 0 amide bonds. The van der Waals surface area contributed by atoms with E-state index >= 15 is 0 Å². The van der Waals surface area contributed by atoms with Crippen LogP contribution in [0.25, 0.3) is 0 Å². The summed E-state index contributed by atoms with van der Waals surface area (Å²) in [6.07, 6.45) is 0.970. The Morgan fingerprint density at radius 1 is 1.90 bits per heavy atom. The number of hydrogen-bond acceptors (Lipinski definition) is 3. The number of hydrogen-bond donors (Lipinski definition) is 3. The minimum atomic E-state index is -0.743. The van der Waals surface area contributed by atoms with Gasteiger partial charge in [0.2, 0.25) is 0 Å². The second kappa shape index (κ2) is 3.25. The summed E-state index contributed by atoms with van der Waals surface area (Å²) in [5.41, 5.74) is 0. The standard InChI is InChI=1S/C6H11NO2S/c8-6(9)4(3-10)5-1-2-7-5/h4-5,7,10H,1-3H2,(H,8,9). The highest BCUT2D eigenvalue weighted by Crippen LogP contribution is 2.15. The summed E-state index contributed by atoms with van der Waals surface area (Å²) in [4.78, 5) is 10.5. The summed E-state index contributed by atoms with van der Waals surface area (Å²) in [6.45, 7) is 0.947. The van der Waals surface area contributed by atoms with Gasteiger partial charge in [-0.2, -0.15) is 12.6 Å². The average Bonchev–Trinajstić information content (AvgIpc) is 1.76. The summed E-state index contributed by atoms with van der Waals surface area (Å²) >= 11 is 3.96. The highest BCUT2D eigenvalue weighted by Gasteiger charge is 2.30. The van der Waals surface area contributed by atoms with Gasteiger partial charge in [0.25, 0.3) is 0 Å². The molecule has 58 valence electrons. The Kier molecular flexibility index (Phi) is 2.56. The zero-order valence-electron chi connectivity index (χ0n) is 5.58. The molecule has 1 aliphatic heterocycles. The number of carboxylic acids is 1. The predicted octanol–water partition coefficient (Wildman–Crippen LogP) is -0.0211. The monoisotopic (exact) mass is 161 g/mol. The second-order valence-electron chi connectivity index (χ2n) is 2.48. The van der Waals surface area contributed by atoms with Crippen molar-refractivity contribution in [1.82, 2.24) is 5.32 Å². The van der Waals surface area contributed by atoms with Gasteiger partial charge in [0.05, 0.1) is 5.92 Å². The molecule has 3 nitrogen and oxygen atoms in total. The van der Waals surface area contributed by atoms with E-state index in [1.165, 1.54) is 0 Å². The summed E-state index contributed by atoms with van der Waals surface area (Å²) in [5.74, 6) is -0.628. The first-order valence-electron chi connectivity index (χ1n) is 3.32. The lowest BCUT2D eigenvalue weighted by molar-refractivity contribution is -0.142. The molecule has 10 heavy (non-hydrogen) atoms. The maximum absolute atomic E-state index is 10.5. The van der Waals surface area contributed by atoms with Crippen molar-refractivity contribution < 1.29 is 9.90 Å². The molecule has 0 aromatic rings. The fraction of sp³-hybridized carbons (Fsp3) is 0.833. The van der Waals surface area contributed by atoms with Gasteiger partial charge in [-0.15, -0.1) is 0 Å². The number of carbonyl (C=O) groups is 1. The minimum Gasteiger partial charge on any atom is -0.481 e. The fourth-order valence-electron chi connectivity index (χ4n) is 1.03. The molecule has 1 saturated heterocycles. The first kappa shape index (κ1) is 7.88. The van der Waals surface area contributed by atoms with Gasteiger partial charge in [0, 0.05) is 11.8 Å². The molecule has 2 atom stereocenters. The number of aliphatic carboxylic acids is 1. The quantitative estimate of drug-likeness (QED) is 0.510. The second-order valence-corrected chi connectivity index (χ2v) is 2.84. The molecular weight excluding hydrogens is 150 g/mol. The molecule has 0 aliphatic carbocycles. The average molecular weight is 161 g/mol. The van der Waals surface area contributed by atoms with E-state index in [1.807, 2.05) is 0 Å². The fourth-order valence-corrected chi connectivity index (χ4v) is 1.44. The molecule has 1 fully saturated rings. The number of rotatable bonds is 3. The molecule has 0 saturated carbocycles. The van der Waals surface area contributed by atoms with Crippen molar-refractivity contribution in [2.24, 2.45) is 5.92 Å². The Hall–Kier alpha value is -0.220. The van der Waals surface area contributed by atoms with E-state index in [9.17, 15) is 4.79 Å². The van der Waals surface area contributed by atoms with Gasteiger partial charge in [-0.1, -0.05) is 0 Å². The predicted molar refractivity (Wildman–Crippen MR) is 41.4 cm³/mol. The third-order valence-electron chi connectivity index (χ3n) is 1.86. The number of thiol groups is 1. The third kappa shape index (κ3) is 1.44. The third-order valence-corrected chi connectivity index (χ3v) is 2.25. The Morgan fingerprint density at radius 2 is 2.50 bits per heavy atom. The van der Waals surface area contributed by atoms with Crippen molar-refractivity contribution in [2.75, 3.05) is 12.3 Å². The highest BCUT2D eigenvalue weighted by molar-refractivity contribution is 7.80. The van der Waals surface area contributed by atoms with Crippen LogP contribution in [-0.2, 0) is 4.79 Å². The van der Waals surface area contributed by atoms with E-state index < -0.39 is 5.97 Å². The molecule has 4 heteroatoms. The van der Waals surface area contributed by atoms with Crippen LogP contribution in [0, 0.1) is 5.92 Å². The first-order chi connectivity index (χ1) is 4.75. The number of carboxylic acid groups (broad SMARTS) is 1. The van der Waals surface area contributed by atoms with Crippen molar-refractivity contribution in [3.8, 4) is 0 Å². The Balaban J connectivity index is 2.39. The summed E-state index contributed by atoms with van der Waals surface area (Å²) in [6, 6.07) is 0.162. The maximum atomic E-state index is 10.5. The van der Waals surface area contributed by atoms with Crippen LogP contribution in [0.4, 0.5) is 0 Å². The molecule has 0 aromatic carbocycles. The molecule has 0 spiro atoms. The van der Waals surface area contributed by atoms with Crippen LogP contribution in [-0.4, -0.2) is 29.4 Å². The lowest BCUT2D eigenvalue weighted by atomic mass is 9.93. The zero-order chi connectivity index (χ0) is 7.56. The van der Waals surface area contributed by atoms with Crippen LogP contribution in [0.3, 0.4) is 0 Å². The Labute approximate surface area is 65.2 Å². The van der Waals surface area contributed by atoms with Crippen LogP contribution in [0.1, 0.15) is 6.42 Å². The highest BCUT2D eigenvalue weighted by atomic mass is 32.1. The molecule has 2 unspecified atom stereocenters. The van der Waals surface area contributed by atoms with Crippen molar-refractivity contribution in [1.29, 1.82) is 0 Å². The number of nitrogens with one attached hydrogen (secondary N) is 1. The zero-order valence-corrected chi connectivity index (χ0v) is 6.47. The smallest absolute Gasteiger partial charge is 0.308 e. The van der Waals surface area contributed by atoms with Gasteiger partial charge in [-0.05, 0) is 13.0 Å². The van der Waals surface area contributed by atoms with Gasteiger partial charge in [-0.3, -0.25) is 4.79 Å². The van der Waals surface area contributed by atoms with Crippen LogP contribution >= 0.6 is 12.6 Å². The minimum absolute atomic E-state index is 0.162. The largest absolute Gasteiger partial charge is 0.481 e. The molecular formula is C6H11NO2S. The van der Waals surface area contributed by atoms with Crippen LogP contribution < -0.4 is 5.32 Å². The normalized spacial score (nSPS) is 27.1. The van der Waals surface area contributed by atoms with Crippen molar-refractivity contribution >= 4 is 18.6 Å². The first-order valence-corrected chi connectivity index (χ1v) is 3.96. The van der Waals surface area contributed by atoms with E-state index in [0.29, 0.717) is 5.75 Å². The van der Waals surface area contributed by atoms with Crippen molar-refractivity contribution in [2.45, 2.75) is 12.5 Å². The Morgan fingerprint density at radius 3 is 2.60 bits per heavy atom. The van der Waals surface area contributed by atoms with Gasteiger partial charge >= 0.3 is 5.97 Å². The molecule has 1 heterocycles. The Bertz CT molecular complexity index is 136. The molecule has 0 radical (unpaired) electrons. The van der Waals surface area contributed by atoms with Crippen molar-refractivity contribution in [3.63, 3.8) is 0 Å². The SMILES string of the molecule is O=C(O)C(CS)C1CCN1. The molecule has 0 aromatic heterocycles. The van der Waals surface area contributed by atoms with Crippen LogP contribution in [0.5, 0.6) is 0 Å². The van der Waals surface area contributed by atoms with E-state index in [4.69, 9.17) is 5.11 Å². The molecule has 2 N–H and O–H groups in total. The lowest BCUT2D eigenvalue weighted by Gasteiger charge is -2.31. The van der Waals surface area contributed by atoms with Gasteiger partial charge in [-0.25, -0.2) is 0 Å². The molecule has 1 aliphatic rings. The van der Waals surface area contributed by atoms with Crippen LogP contribution in [0.2, 0.25) is 0 Å². The topological polar surface area (TPSA) is 49.3 Å². The van der Waals surface area contributed by atoms with E-state index in [0.717, 1.165) is 13.0 Å². The molecule has 0 bridgehead atoms. The lowest BCUT2D eigenvalue weighted by Crippen LogP contribution is -2.51. The van der Waals surface area contributed by atoms with Crippen molar-refractivity contribution in [3.05, 3.63) is 0 Å². The van der Waals surface area contributed by atoms with Gasteiger partial charge in [0.15, 0.2) is 0 Å². The summed E-state index contributed by atoms with van der Waals surface area (Å²) < 4.78 is 0. The van der Waals surface area contributed by atoms with Gasteiger partial charge in [0.1, 0.15) is 0 Å².